The lowest BCUT2D eigenvalue weighted by Crippen LogP contribution is -2.33. The van der Waals surface area contributed by atoms with Gasteiger partial charge >= 0.3 is 6.09 Å². The summed E-state index contributed by atoms with van der Waals surface area (Å²) in [5.41, 5.74) is 5.73. The number of hydrogen-bond donors (Lipinski definition) is 1. The second-order valence-electron chi connectivity index (χ2n) is 3.33. The third-order valence-electron chi connectivity index (χ3n) is 2.10. The van der Waals surface area contributed by atoms with Crippen LogP contribution < -0.4 is 5.73 Å². The molecule has 0 aliphatic rings. The zero-order chi connectivity index (χ0) is 12.7. The van der Waals surface area contributed by atoms with Crippen LogP contribution in [0.5, 0.6) is 0 Å². The number of carbonyl (C=O) groups excluding carboxylic acids is 1. The normalized spacial score (nSPS) is 16.8. The number of allylic oxidation sites excluding steroid dienone is 3. The quantitative estimate of drug-likeness (QED) is 0.760. The molecule has 2 N–H and O–H groups in total. The van der Waals surface area contributed by atoms with Crippen molar-refractivity contribution in [1.82, 2.24) is 0 Å². The lowest BCUT2D eigenvalue weighted by molar-refractivity contribution is 0.00902. The van der Waals surface area contributed by atoms with Crippen molar-refractivity contribution in [3.8, 4) is 0 Å². The first-order valence-corrected chi connectivity index (χ1v) is 5.29. The van der Waals surface area contributed by atoms with Crippen LogP contribution in [0.25, 0.3) is 0 Å². The van der Waals surface area contributed by atoms with E-state index in [-0.39, 0.29) is 0 Å². The second-order valence-corrected chi connectivity index (χ2v) is 3.74. The van der Waals surface area contributed by atoms with E-state index >= 15 is 0 Å². The minimum Gasteiger partial charge on any atom is -0.444 e. The second kappa shape index (κ2) is 7.30. The average Bonchev–Trinajstić information content (AvgIpc) is 2.17. The Kier molecular flexibility index (Phi) is 6.85. The summed E-state index contributed by atoms with van der Waals surface area (Å²) in [6.45, 7) is 5.38. The van der Waals surface area contributed by atoms with Gasteiger partial charge in [-0.1, -0.05) is 17.7 Å². The number of nitrogens with two attached hydrogens (primary N) is 1. The molecule has 0 aromatic carbocycles. The Balaban J connectivity index is 4.84. The monoisotopic (exact) mass is 247 g/mol. The van der Waals surface area contributed by atoms with Crippen LogP contribution in [0.3, 0.4) is 0 Å². The molecule has 2 atom stereocenters. The molecule has 16 heavy (non-hydrogen) atoms. The van der Waals surface area contributed by atoms with Crippen molar-refractivity contribution >= 4 is 17.7 Å². The first-order chi connectivity index (χ1) is 7.43. The van der Waals surface area contributed by atoms with Crippen LogP contribution in [0.15, 0.2) is 22.8 Å². The third-order valence-corrected chi connectivity index (χ3v) is 2.52. The van der Waals surface area contributed by atoms with Gasteiger partial charge in [-0.05, 0) is 32.4 Å². The fourth-order valence-electron chi connectivity index (χ4n) is 1.38. The van der Waals surface area contributed by atoms with Crippen molar-refractivity contribution < 1.29 is 14.3 Å². The Hall–Kier alpha value is -1.00. The van der Waals surface area contributed by atoms with Crippen molar-refractivity contribution in [2.24, 2.45) is 5.73 Å². The maximum absolute atomic E-state index is 10.6. The summed E-state index contributed by atoms with van der Waals surface area (Å²) < 4.78 is 10.1. The highest BCUT2D eigenvalue weighted by Crippen LogP contribution is 2.20. The van der Waals surface area contributed by atoms with E-state index in [2.05, 4.69) is 0 Å². The Morgan fingerprint density at radius 2 is 2.06 bits per heavy atom. The zero-order valence-electron chi connectivity index (χ0n) is 9.99. The Labute approximate surface area is 101 Å². The molecule has 0 saturated carbocycles. The fraction of sp³-hybridized carbons (Fsp3) is 0.545. The fourth-order valence-corrected chi connectivity index (χ4v) is 1.61. The minimum atomic E-state index is -0.829. The van der Waals surface area contributed by atoms with Gasteiger partial charge in [0.2, 0.25) is 0 Å². The van der Waals surface area contributed by atoms with Crippen LogP contribution in [0.2, 0.25) is 0 Å². The van der Waals surface area contributed by atoms with Gasteiger partial charge < -0.3 is 15.2 Å². The number of hydrogen-bond acceptors (Lipinski definition) is 3. The van der Waals surface area contributed by atoms with Gasteiger partial charge in [-0.2, -0.15) is 0 Å². The average molecular weight is 248 g/mol. The van der Waals surface area contributed by atoms with Gasteiger partial charge in [0, 0.05) is 12.1 Å². The molecule has 0 fully saturated rings. The van der Waals surface area contributed by atoms with E-state index in [9.17, 15) is 4.79 Å². The van der Waals surface area contributed by atoms with Crippen molar-refractivity contribution in [2.75, 3.05) is 7.11 Å². The number of methoxy groups -OCH3 is 1. The van der Waals surface area contributed by atoms with Gasteiger partial charge in [-0.15, -0.1) is 0 Å². The van der Waals surface area contributed by atoms with Crippen molar-refractivity contribution in [3.63, 3.8) is 0 Å². The topological polar surface area (TPSA) is 61.6 Å². The number of amides is 1. The first-order valence-electron chi connectivity index (χ1n) is 4.91. The van der Waals surface area contributed by atoms with Crippen LogP contribution in [0, 0.1) is 0 Å². The maximum Gasteiger partial charge on any atom is 0.404 e. The molecule has 4 nitrogen and oxygen atoms in total. The van der Waals surface area contributed by atoms with Gasteiger partial charge in [0.25, 0.3) is 0 Å². The predicted molar refractivity (Wildman–Crippen MR) is 64.3 cm³/mol. The molecule has 0 bridgehead atoms. The van der Waals surface area contributed by atoms with Crippen LogP contribution in [-0.4, -0.2) is 25.4 Å². The van der Waals surface area contributed by atoms with Gasteiger partial charge in [0.15, 0.2) is 0 Å². The Bertz CT molecular complexity index is 300. The lowest BCUT2D eigenvalue weighted by Gasteiger charge is -2.23. The highest BCUT2D eigenvalue weighted by atomic mass is 35.5. The third kappa shape index (κ3) is 4.68. The summed E-state index contributed by atoms with van der Waals surface area (Å²) in [5.74, 6) is 0. The van der Waals surface area contributed by atoms with Gasteiger partial charge in [-0.3, -0.25) is 0 Å². The molecular formula is C11H18ClNO3. The molecule has 0 aromatic heterocycles. The van der Waals surface area contributed by atoms with Gasteiger partial charge in [0.05, 0.1) is 0 Å². The van der Waals surface area contributed by atoms with Crippen LogP contribution >= 0.6 is 11.6 Å². The summed E-state index contributed by atoms with van der Waals surface area (Å²) >= 11 is 6.03. The zero-order valence-corrected chi connectivity index (χ0v) is 10.7. The van der Waals surface area contributed by atoms with Gasteiger partial charge in [-0.25, -0.2) is 4.79 Å². The predicted octanol–water partition coefficient (Wildman–Crippen LogP) is 2.57. The summed E-state index contributed by atoms with van der Waals surface area (Å²) in [4.78, 5) is 10.6. The number of primary amides is 1. The van der Waals surface area contributed by atoms with Crippen molar-refractivity contribution in [1.29, 1.82) is 0 Å². The molecule has 0 radical (unpaired) electrons. The van der Waals surface area contributed by atoms with Crippen molar-refractivity contribution in [3.05, 3.63) is 22.8 Å². The van der Waals surface area contributed by atoms with E-state index in [0.29, 0.717) is 5.03 Å². The van der Waals surface area contributed by atoms with Crippen LogP contribution in [0.1, 0.15) is 20.8 Å². The largest absolute Gasteiger partial charge is 0.444 e. The number of rotatable bonds is 5. The molecule has 0 heterocycles. The van der Waals surface area contributed by atoms with E-state index in [1.54, 1.807) is 13.0 Å². The van der Waals surface area contributed by atoms with E-state index < -0.39 is 18.3 Å². The highest BCUT2D eigenvalue weighted by molar-refractivity contribution is 6.31. The highest BCUT2D eigenvalue weighted by Gasteiger charge is 2.22. The summed E-state index contributed by atoms with van der Waals surface area (Å²) in [7, 11) is 1.52. The molecule has 0 aromatic rings. The summed E-state index contributed by atoms with van der Waals surface area (Å²) in [6, 6.07) is 0. The lowest BCUT2D eigenvalue weighted by atomic mass is 10.1. The molecule has 0 spiro atoms. The molecule has 0 unspecified atom stereocenters. The molecule has 0 saturated heterocycles. The molecule has 92 valence electrons. The van der Waals surface area contributed by atoms with E-state index in [1.807, 2.05) is 19.9 Å². The molecule has 0 aliphatic heterocycles. The van der Waals surface area contributed by atoms with E-state index in [1.165, 1.54) is 7.11 Å². The van der Waals surface area contributed by atoms with Gasteiger partial charge in [0.1, 0.15) is 12.2 Å². The SMILES string of the molecule is C/C=C\C(Cl)=C(/C)[C@@H](OC)[C@H](C)OC(N)=O. The van der Waals surface area contributed by atoms with Crippen molar-refractivity contribution in [2.45, 2.75) is 33.0 Å². The van der Waals surface area contributed by atoms with Crippen LogP contribution in [-0.2, 0) is 9.47 Å². The number of carbonyl (C=O) groups is 1. The van der Waals surface area contributed by atoms with E-state index in [0.717, 1.165) is 5.57 Å². The number of ether oxygens (including phenoxy) is 2. The Morgan fingerprint density at radius 3 is 2.44 bits per heavy atom. The Morgan fingerprint density at radius 1 is 1.50 bits per heavy atom. The first kappa shape index (κ1) is 15.0. The van der Waals surface area contributed by atoms with Crippen LogP contribution in [0.4, 0.5) is 4.79 Å². The smallest absolute Gasteiger partial charge is 0.404 e. The van der Waals surface area contributed by atoms with E-state index in [4.69, 9.17) is 26.8 Å². The maximum atomic E-state index is 10.6. The molecular weight excluding hydrogens is 230 g/mol. The standard InChI is InChI=1S/C11H18ClNO3/c1-5-6-9(12)7(2)10(15-4)8(3)16-11(13)14/h5-6,8,10H,1-4H3,(H2,13,14)/b6-5-,9-7-/t8-,10+/m0/s1. The molecule has 5 heteroatoms. The number of halogens is 1. The summed E-state index contributed by atoms with van der Waals surface area (Å²) in [5, 5.41) is 0.564. The molecule has 1 amide bonds. The minimum absolute atomic E-state index is 0.406. The molecule has 0 aliphatic carbocycles. The summed E-state index contributed by atoms with van der Waals surface area (Å²) in [6.07, 6.45) is 1.85. The molecule has 0 rings (SSSR count).